The van der Waals surface area contributed by atoms with Crippen LogP contribution < -0.4 is 0 Å². The summed E-state index contributed by atoms with van der Waals surface area (Å²) in [4.78, 5) is 38.2. The van der Waals surface area contributed by atoms with Crippen LogP contribution in [-0.4, -0.2) is 37.2 Å². The summed E-state index contributed by atoms with van der Waals surface area (Å²) in [7, 11) is 0. The summed E-state index contributed by atoms with van der Waals surface area (Å²) in [6.45, 7) is 6.41. The van der Waals surface area contributed by atoms with Crippen LogP contribution in [0.4, 0.5) is 0 Å². The summed E-state index contributed by atoms with van der Waals surface area (Å²) in [5.74, 6) is -0.933. The van der Waals surface area contributed by atoms with Crippen LogP contribution in [0.25, 0.3) is 0 Å². The van der Waals surface area contributed by atoms with Crippen LogP contribution in [0, 0.1) is 0 Å². The largest absolute Gasteiger partial charge is 0.462 e. The van der Waals surface area contributed by atoms with E-state index in [1.54, 1.807) is 0 Å². The van der Waals surface area contributed by atoms with Crippen LogP contribution in [0.1, 0.15) is 271 Å². The molecule has 0 amide bonds. The number of esters is 3. The molecule has 0 saturated heterocycles. The van der Waals surface area contributed by atoms with Gasteiger partial charge in [-0.05, 0) is 135 Å². The minimum atomic E-state index is -0.798. The highest BCUT2D eigenvalue weighted by Gasteiger charge is 2.19. The average molecular weight is 1080 g/mol. The van der Waals surface area contributed by atoms with Crippen molar-refractivity contribution in [3.05, 3.63) is 146 Å². The standard InChI is InChI=1S/C72H116O6/c1-4-7-10-13-16-19-22-24-26-27-28-29-30-31-32-33-34-35-36-37-38-39-40-41-42-43-44-45-46-48-50-53-56-59-62-65-71(74)77-68-69(67-76-70(73)64-61-58-55-52-49-21-18-15-12-9-6-3)78-72(75)66-63-60-57-54-51-47-25-23-20-17-14-11-8-5-2/h7,10,14-19,23-26,28-29,31-32,34-35,37-38,40-41,43-44,69H,4-6,8-9,11-13,20-22,27,30,33,36,39,42,45-68H2,1-3H3/b10-7-,17-14-,18-15-,19-16-,25-23-,26-24-,29-28-,32-31-,35-34-,38-37-,41-40-,44-43-. The molecule has 1 atom stereocenters. The van der Waals surface area contributed by atoms with E-state index in [-0.39, 0.29) is 31.1 Å². The molecule has 0 bridgehead atoms. The number of ether oxygens (including phenoxy) is 3. The maximum Gasteiger partial charge on any atom is 0.306 e. The van der Waals surface area contributed by atoms with Gasteiger partial charge in [0.1, 0.15) is 13.2 Å². The molecule has 0 fully saturated rings. The number of hydrogen-bond donors (Lipinski definition) is 0. The molecule has 0 aliphatic carbocycles. The summed E-state index contributed by atoms with van der Waals surface area (Å²) >= 11 is 0. The fraction of sp³-hybridized carbons (Fsp3) is 0.625. The minimum absolute atomic E-state index is 0.0950. The second kappa shape index (κ2) is 64.8. The highest BCUT2D eigenvalue weighted by Crippen LogP contribution is 2.14. The Morgan fingerprint density at radius 1 is 0.269 bits per heavy atom. The molecule has 0 rings (SSSR count). The predicted molar refractivity (Wildman–Crippen MR) is 339 cm³/mol. The molecule has 0 saturated carbocycles. The fourth-order valence-electron chi connectivity index (χ4n) is 8.26. The molecule has 78 heavy (non-hydrogen) atoms. The molecular formula is C72H116O6. The van der Waals surface area contributed by atoms with Gasteiger partial charge in [-0.2, -0.15) is 0 Å². The number of carbonyl (C=O) groups excluding carboxylic acids is 3. The Morgan fingerprint density at radius 3 is 0.795 bits per heavy atom. The van der Waals surface area contributed by atoms with Crippen molar-refractivity contribution in [1.29, 1.82) is 0 Å². The van der Waals surface area contributed by atoms with E-state index in [1.165, 1.54) is 70.6 Å². The van der Waals surface area contributed by atoms with Crippen molar-refractivity contribution in [1.82, 2.24) is 0 Å². The fourth-order valence-corrected chi connectivity index (χ4v) is 8.26. The second-order valence-electron chi connectivity index (χ2n) is 20.6. The van der Waals surface area contributed by atoms with E-state index in [0.29, 0.717) is 19.3 Å². The van der Waals surface area contributed by atoms with Gasteiger partial charge < -0.3 is 14.2 Å². The lowest BCUT2D eigenvalue weighted by Gasteiger charge is -2.18. The zero-order chi connectivity index (χ0) is 56.4. The van der Waals surface area contributed by atoms with Gasteiger partial charge in [0.25, 0.3) is 0 Å². The molecule has 6 nitrogen and oxygen atoms in total. The lowest BCUT2D eigenvalue weighted by Crippen LogP contribution is -2.30. The van der Waals surface area contributed by atoms with Crippen molar-refractivity contribution in [2.45, 2.75) is 277 Å². The van der Waals surface area contributed by atoms with Gasteiger partial charge >= 0.3 is 17.9 Å². The van der Waals surface area contributed by atoms with Crippen LogP contribution >= 0.6 is 0 Å². The quantitative estimate of drug-likeness (QED) is 0.0261. The number of unbranched alkanes of at least 4 members (excludes halogenated alkanes) is 21. The van der Waals surface area contributed by atoms with Gasteiger partial charge in [-0.15, -0.1) is 0 Å². The third-order valence-electron chi connectivity index (χ3n) is 13.0. The monoisotopic (exact) mass is 1080 g/mol. The Bertz CT molecular complexity index is 1710. The maximum atomic E-state index is 12.8. The van der Waals surface area contributed by atoms with Gasteiger partial charge in [0.2, 0.25) is 0 Å². The molecule has 0 spiro atoms. The first-order valence-corrected chi connectivity index (χ1v) is 31.8. The number of allylic oxidation sites excluding steroid dienone is 24. The summed E-state index contributed by atoms with van der Waals surface area (Å²) in [6.07, 6.45) is 92.9. The minimum Gasteiger partial charge on any atom is -0.462 e. The number of hydrogen-bond acceptors (Lipinski definition) is 6. The zero-order valence-electron chi connectivity index (χ0n) is 50.4. The van der Waals surface area contributed by atoms with Gasteiger partial charge in [0.15, 0.2) is 6.10 Å². The first kappa shape index (κ1) is 73.3. The summed E-state index contributed by atoms with van der Waals surface area (Å²) in [5, 5.41) is 0. The topological polar surface area (TPSA) is 78.9 Å². The smallest absolute Gasteiger partial charge is 0.306 e. The van der Waals surface area contributed by atoms with E-state index < -0.39 is 6.10 Å². The van der Waals surface area contributed by atoms with Gasteiger partial charge in [0, 0.05) is 19.3 Å². The van der Waals surface area contributed by atoms with Crippen molar-refractivity contribution in [2.24, 2.45) is 0 Å². The predicted octanol–water partition coefficient (Wildman–Crippen LogP) is 21.9. The summed E-state index contributed by atoms with van der Waals surface area (Å²) in [5.41, 5.74) is 0. The molecule has 0 aromatic rings. The molecule has 0 aromatic heterocycles. The first-order chi connectivity index (χ1) is 38.5. The molecule has 0 aliphatic rings. The van der Waals surface area contributed by atoms with Crippen molar-refractivity contribution >= 4 is 17.9 Å². The van der Waals surface area contributed by atoms with E-state index in [2.05, 4.69) is 167 Å². The number of rotatable bonds is 56. The van der Waals surface area contributed by atoms with Crippen LogP contribution in [0.2, 0.25) is 0 Å². The van der Waals surface area contributed by atoms with E-state index >= 15 is 0 Å². The van der Waals surface area contributed by atoms with Crippen LogP contribution in [0.5, 0.6) is 0 Å². The van der Waals surface area contributed by atoms with E-state index in [9.17, 15) is 14.4 Å². The molecule has 0 heterocycles. The lowest BCUT2D eigenvalue weighted by atomic mass is 10.1. The zero-order valence-corrected chi connectivity index (χ0v) is 50.4. The molecule has 0 N–H and O–H groups in total. The van der Waals surface area contributed by atoms with Crippen molar-refractivity contribution in [2.75, 3.05) is 13.2 Å². The highest BCUT2D eigenvalue weighted by atomic mass is 16.6. The molecule has 0 radical (unpaired) electrons. The Balaban J connectivity index is 4.24. The Hall–Kier alpha value is -4.71. The van der Waals surface area contributed by atoms with Gasteiger partial charge in [-0.3, -0.25) is 14.4 Å². The maximum absolute atomic E-state index is 12.8. The van der Waals surface area contributed by atoms with Crippen molar-refractivity contribution in [3.8, 4) is 0 Å². The molecule has 1 unspecified atom stereocenters. The third kappa shape index (κ3) is 62.1. The van der Waals surface area contributed by atoms with Crippen LogP contribution in [-0.2, 0) is 28.6 Å². The SMILES string of the molecule is CC/C=C\C/C=C\C/C=C\C/C=C\C/C=C\C/C=C\C/C=C\C/C=C\C/C=C\CCCCCCCCCC(=O)OCC(COC(=O)CCCCCCC/C=C\CCCC)OC(=O)CCCCCCC/C=C\C/C=C\CCCC. The second-order valence-corrected chi connectivity index (χ2v) is 20.6. The highest BCUT2D eigenvalue weighted by molar-refractivity contribution is 5.71. The Kier molecular flexibility index (Phi) is 60.9. The van der Waals surface area contributed by atoms with Crippen molar-refractivity contribution in [3.63, 3.8) is 0 Å². The molecule has 0 aromatic carbocycles. The first-order valence-electron chi connectivity index (χ1n) is 31.8. The molecule has 6 heteroatoms. The van der Waals surface area contributed by atoms with Crippen LogP contribution in [0.15, 0.2) is 146 Å². The van der Waals surface area contributed by atoms with E-state index in [1.807, 2.05) is 0 Å². The summed E-state index contributed by atoms with van der Waals surface area (Å²) < 4.78 is 16.8. The third-order valence-corrected chi connectivity index (χ3v) is 13.0. The van der Waals surface area contributed by atoms with Crippen molar-refractivity contribution < 1.29 is 28.6 Å². The van der Waals surface area contributed by atoms with Crippen LogP contribution in [0.3, 0.4) is 0 Å². The summed E-state index contributed by atoms with van der Waals surface area (Å²) in [6, 6.07) is 0. The molecular weight excluding hydrogens is 961 g/mol. The molecule has 0 aliphatic heterocycles. The number of carbonyl (C=O) groups is 3. The molecule has 440 valence electrons. The average Bonchev–Trinajstić information content (AvgIpc) is 3.44. The van der Waals surface area contributed by atoms with E-state index in [0.717, 1.165) is 161 Å². The van der Waals surface area contributed by atoms with Gasteiger partial charge in [-0.25, -0.2) is 0 Å². The Labute approximate surface area is 480 Å². The van der Waals surface area contributed by atoms with Gasteiger partial charge in [0.05, 0.1) is 0 Å². The van der Waals surface area contributed by atoms with Gasteiger partial charge in [-0.1, -0.05) is 263 Å². The normalized spacial score (nSPS) is 13.1. The Morgan fingerprint density at radius 2 is 0.500 bits per heavy atom. The van der Waals surface area contributed by atoms with E-state index in [4.69, 9.17) is 14.2 Å². The lowest BCUT2D eigenvalue weighted by molar-refractivity contribution is -0.167.